The number of rotatable bonds is 15. The van der Waals surface area contributed by atoms with Crippen molar-refractivity contribution in [2.24, 2.45) is 0 Å². The molecule has 17 heteroatoms. The molecule has 3 aromatic rings. The molecule has 4 rings (SSSR count). The molecule has 50 heavy (non-hydrogen) atoms. The maximum Gasteiger partial charge on any atom is 0.344 e. The molecule has 2 heterocycles. The molecule has 0 aliphatic carbocycles. The number of nitro benzene ring substituents is 1. The Bertz CT molecular complexity index is 1830. The van der Waals surface area contributed by atoms with E-state index in [1.165, 1.54) is 59.3 Å². The van der Waals surface area contributed by atoms with E-state index in [0.717, 1.165) is 0 Å². The normalized spacial score (nSPS) is 17.9. The van der Waals surface area contributed by atoms with Gasteiger partial charge in [-0.25, -0.2) is 19.1 Å². The number of carbonyl (C=O) groups is 2. The van der Waals surface area contributed by atoms with E-state index in [9.17, 15) is 29.3 Å². The molecule has 1 aliphatic rings. The predicted molar refractivity (Wildman–Crippen MR) is 179 cm³/mol. The Kier molecular flexibility index (Phi) is 13.1. The lowest BCUT2D eigenvalue weighted by molar-refractivity contribution is -0.384. The van der Waals surface area contributed by atoms with Gasteiger partial charge in [0.05, 0.1) is 41.3 Å². The number of nitrogens with zero attached hydrogens (tertiary/aromatic N) is 4. The fraction of sp³-hybridized carbons (Fsp3) is 0.424. The minimum atomic E-state index is -1.76. The molecule has 0 bridgehead atoms. The van der Waals surface area contributed by atoms with Gasteiger partial charge in [0.25, 0.3) is 19.8 Å². The van der Waals surface area contributed by atoms with Crippen LogP contribution in [-0.2, 0) is 18.5 Å². The average molecular weight is 712 g/mol. The van der Waals surface area contributed by atoms with E-state index in [1.807, 2.05) is 32.4 Å². The third-order valence-electron chi connectivity index (χ3n) is 7.53. The van der Waals surface area contributed by atoms with E-state index >= 15 is 0 Å². The van der Waals surface area contributed by atoms with Gasteiger partial charge in [-0.2, -0.15) is 5.26 Å². The van der Waals surface area contributed by atoms with Gasteiger partial charge in [-0.05, 0) is 58.9 Å². The van der Waals surface area contributed by atoms with E-state index in [0.29, 0.717) is 0 Å². The van der Waals surface area contributed by atoms with Crippen LogP contribution in [0.3, 0.4) is 0 Å². The number of non-ortho nitro benzene ring substituents is 1. The fourth-order valence-electron chi connectivity index (χ4n) is 5.21. The van der Waals surface area contributed by atoms with Crippen molar-refractivity contribution in [1.82, 2.24) is 14.2 Å². The molecule has 1 aromatic heterocycles. The van der Waals surface area contributed by atoms with Crippen LogP contribution in [0.1, 0.15) is 73.0 Å². The topological polar surface area (TPSA) is 205 Å². The number of esters is 2. The maximum absolute atomic E-state index is 13.4. The predicted octanol–water partition coefficient (Wildman–Crippen LogP) is 4.78. The number of nitriles is 1. The molecule has 1 saturated heterocycles. The number of aromatic amines is 1. The summed E-state index contributed by atoms with van der Waals surface area (Å²) in [7, 11) is -1.76. The molecule has 4 atom stereocenters. The molecular formula is C33H38N5O11P. The summed E-state index contributed by atoms with van der Waals surface area (Å²) in [6.45, 7) is 9.22. The molecule has 266 valence electrons. The van der Waals surface area contributed by atoms with Gasteiger partial charge in [0.2, 0.25) is 0 Å². The monoisotopic (exact) mass is 711 g/mol. The van der Waals surface area contributed by atoms with E-state index < -0.39 is 55.1 Å². The largest absolute Gasteiger partial charge is 0.459 e. The van der Waals surface area contributed by atoms with Gasteiger partial charge in [0.15, 0.2) is 0 Å². The van der Waals surface area contributed by atoms with Crippen molar-refractivity contribution < 1.29 is 37.8 Å². The first-order valence-corrected chi connectivity index (χ1v) is 16.9. The molecular weight excluding hydrogens is 673 g/mol. The summed E-state index contributed by atoms with van der Waals surface area (Å²) in [6, 6.07) is 12.8. The standard InChI is InChI=1S/C33H38N5O11P/c1-20(2)37(21(3)4)50(46-16-8-15-34)49-27-17-29(36-18-22(5)30(39)35-33(36)42)48-28(27)19-45-31(40)25-9-6-7-10-26(25)32(41)47-24-13-11-23(12-14-24)38(43)44/h6-7,9-14,18,20-21,27-29H,8,16-17,19H2,1-5H3,(H,35,39,42)/t27?,28-,29-,50?/m1/s1. The van der Waals surface area contributed by atoms with Crippen molar-refractivity contribution in [1.29, 1.82) is 5.26 Å². The summed E-state index contributed by atoms with van der Waals surface area (Å²) in [6.07, 6.45) is -0.968. The van der Waals surface area contributed by atoms with Crippen molar-refractivity contribution in [3.63, 3.8) is 0 Å². The third kappa shape index (κ3) is 9.46. The van der Waals surface area contributed by atoms with Crippen LogP contribution in [0.15, 0.2) is 64.3 Å². The molecule has 2 unspecified atom stereocenters. The first kappa shape index (κ1) is 38.0. The second-order valence-corrected chi connectivity index (χ2v) is 13.2. The zero-order valence-electron chi connectivity index (χ0n) is 28.1. The van der Waals surface area contributed by atoms with Gasteiger partial charge >= 0.3 is 17.6 Å². The van der Waals surface area contributed by atoms with Crippen LogP contribution in [0, 0.1) is 28.4 Å². The van der Waals surface area contributed by atoms with E-state index in [4.69, 9.17) is 28.5 Å². The lowest BCUT2D eigenvalue weighted by Crippen LogP contribution is -2.37. The van der Waals surface area contributed by atoms with Gasteiger partial charge in [-0.15, -0.1) is 0 Å². The third-order valence-corrected chi connectivity index (χ3v) is 9.68. The summed E-state index contributed by atoms with van der Waals surface area (Å²) in [4.78, 5) is 63.9. The molecule has 0 saturated carbocycles. The molecule has 0 amide bonds. The Morgan fingerprint density at radius 2 is 1.74 bits per heavy atom. The number of hydrogen-bond donors (Lipinski definition) is 1. The summed E-state index contributed by atoms with van der Waals surface area (Å²) in [5, 5.41) is 20.1. The number of benzene rings is 2. The van der Waals surface area contributed by atoms with Gasteiger partial charge in [-0.3, -0.25) is 24.5 Å². The first-order chi connectivity index (χ1) is 23.8. The summed E-state index contributed by atoms with van der Waals surface area (Å²) >= 11 is 0. The van der Waals surface area contributed by atoms with Gasteiger partial charge in [0.1, 0.15) is 24.7 Å². The highest BCUT2D eigenvalue weighted by Gasteiger charge is 2.42. The number of nitro groups is 1. The Labute approximate surface area is 288 Å². The van der Waals surface area contributed by atoms with E-state index in [2.05, 4.69) is 11.1 Å². The highest BCUT2D eigenvalue weighted by molar-refractivity contribution is 7.44. The lowest BCUT2D eigenvalue weighted by atomic mass is 10.1. The highest BCUT2D eigenvalue weighted by Crippen LogP contribution is 2.50. The Morgan fingerprint density at radius 3 is 2.34 bits per heavy atom. The zero-order valence-corrected chi connectivity index (χ0v) is 29.0. The number of H-pyrrole nitrogens is 1. The number of nitrogens with one attached hydrogen (secondary N) is 1. The summed E-state index contributed by atoms with van der Waals surface area (Å²) < 4.78 is 33.1. The zero-order chi connectivity index (χ0) is 36.5. The summed E-state index contributed by atoms with van der Waals surface area (Å²) in [5.74, 6) is -1.73. The number of aromatic nitrogens is 2. The lowest BCUT2D eigenvalue weighted by Gasteiger charge is -2.37. The van der Waals surface area contributed by atoms with Crippen LogP contribution < -0.4 is 16.0 Å². The average Bonchev–Trinajstić information content (AvgIpc) is 3.47. The van der Waals surface area contributed by atoms with Crippen molar-refractivity contribution in [3.8, 4) is 11.8 Å². The molecule has 1 fully saturated rings. The Balaban J connectivity index is 1.57. The Hall–Kier alpha value is -4.78. The van der Waals surface area contributed by atoms with Gasteiger partial charge in [0, 0.05) is 42.4 Å². The quantitative estimate of drug-likeness (QED) is 0.0564. The molecule has 1 N–H and O–H groups in total. The highest BCUT2D eigenvalue weighted by atomic mass is 31.2. The van der Waals surface area contributed by atoms with Gasteiger partial charge < -0.3 is 23.3 Å². The number of ether oxygens (including phenoxy) is 3. The molecule has 0 spiro atoms. The maximum atomic E-state index is 13.4. The number of aryl methyl sites for hydroxylation is 1. The van der Waals surface area contributed by atoms with Crippen LogP contribution >= 0.6 is 8.53 Å². The van der Waals surface area contributed by atoms with Crippen molar-refractivity contribution in [2.45, 2.75) is 78.0 Å². The second kappa shape index (κ2) is 17.2. The fourth-order valence-corrected chi connectivity index (χ4v) is 6.97. The second-order valence-electron chi connectivity index (χ2n) is 11.8. The van der Waals surface area contributed by atoms with E-state index in [-0.39, 0.29) is 66.3 Å². The SMILES string of the molecule is Cc1cn([C@H]2CC(OP(OCCC#N)N(C(C)C)C(C)C)[C@@H](COC(=O)c3ccccc3C(=O)Oc3ccc([N+](=O)[O-])cc3)O2)c(=O)[nH]c1=O. The summed E-state index contributed by atoms with van der Waals surface area (Å²) in [5.41, 5.74) is -1.34. The van der Waals surface area contributed by atoms with Crippen molar-refractivity contribution in [2.75, 3.05) is 13.2 Å². The van der Waals surface area contributed by atoms with Crippen molar-refractivity contribution >= 4 is 26.2 Å². The van der Waals surface area contributed by atoms with Crippen molar-refractivity contribution in [3.05, 3.63) is 102 Å². The minimum Gasteiger partial charge on any atom is -0.459 e. The van der Waals surface area contributed by atoms with E-state index in [1.54, 1.807) is 6.92 Å². The number of hydrogen-bond acceptors (Lipinski definition) is 13. The molecule has 16 nitrogen and oxygen atoms in total. The Morgan fingerprint density at radius 1 is 1.10 bits per heavy atom. The van der Waals surface area contributed by atoms with Crippen LogP contribution in [0.25, 0.3) is 0 Å². The molecule has 2 aromatic carbocycles. The van der Waals surface area contributed by atoms with Crippen LogP contribution in [-0.4, -0.2) is 68.6 Å². The number of carbonyl (C=O) groups excluding carboxylic acids is 2. The molecule has 0 radical (unpaired) electrons. The minimum absolute atomic E-state index is 0.00989. The van der Waals surface area contributed by atoms with Crippen LogP contribution in [0.2, 0.25) is 0 Å². The van der Waals surface area contributed by atoms with Gasteiger partial charge in [-0.1, -0.05) is 12.1 Å². The van der Waals surface area contributed by atoms with Crippen LogP contribution in [0.5, 0.6) is 5.75 Å². The smallest absolute Gasteiger partial charge is 0.344 e. The first-order valence-electron chi connectivity index (χ1n) is 15.8. The molecule has 1 aliphatic heterocycles. The van der Waals surface area contributed by atoms with Crippen LogP contribution in [0.4, 0.5) is 5.69 Å².